The molecule has 4 nitrogen and oxygen atoms in total. The predicted molar refractivity (Wildman–Crippen MR) is 80.1 cm³/mol. The van der Waals surface area contributed by atoms with Crippen molar-refractivity contribution in [2.75, 3.05) is 0 Å². The molecule has 0 amide bonds. The summed E-state index contributed by atoms with van der Waals surface area (Å²) in [5, 5.41) is 8.92. The molecule has 0 spiro atoms. The molecule has 1 heterocycles. The Morgan fingerprint density at radius 1 is 1.30 bits per heavy atom. The van der Waals surface area contributed by atoms with E-state index in [1.165, 1.54) is 11.1 Å². The van der Waals surface area contributed by atoms with Crippen molar-refractivity contribution in [1.82, 2.24) is 9.55 Å². The summed E-state index contributed by atoms with van der Waals surface area (Å²) in [7, 11) is 0. The van der Waals surface area contributed by atoms with Crippen molar-refractivity contribution in [2.24, 2.45) is 0 Å². The lowest BCUT2D eigenvalue weighted by molar-refractivity contribution is -0.137. The number of aromatic nitrogens is 2. The molecule has 0 aliphatic carbocycles. The number of hydrogen-bond donors (Lipinski definition) is 1. The summed E-state index contributed by atoms with van der Waals surface area (Å²) in [6.07, 6.45) is 3.23. The van der Waals surface area contributed by atoms with Crippen LogP contribution in [0.3, 0.4) is 0 Å². The minimum atomic E-state index is -0.767. The molecule has 2 rings (SSSR count). The first-order chi connectivity index (χ1) is 9.52. The zero-order valence-electron chi connectivity index (χ0n) is 12.4. The highest BCUT2D eigenvalue weighted by Crippen LogP contribution is 2.22. The Kier molecular flexibility index (Phi) is 4.42. The number of carboxylic acids is 1. The van der Waals surface area contributed by atoms with E-state index in [0.717, 1.165) is 36.1 Å². The van der Waals surface area contributed by atoms with Gasteiger partial charge >= 0.3 is 5.97 Å². The summed E-state index contributed by atoms with van der Waals surface area (Å²) in [5.74, 6) is 0.241. The molecule has 1 N–H and O–H groups in total. The normalized spacial score (nSPS) is 11.2. The molecule has 4 heteroatoms. The van der Waals surface area contributed by atoms with Gasteiger partial charge in [0.05, 0.1) is 17.5 Å². The Hall–Kier alpha value is -1.84. The van der Waals surface area contributed by atoms with Gasteiger partial charge in [-0.15, -0.1) is 0 Å². The molecular formula is C16H22N2O2. The molecule has 0 saturated heterocycles. The van der Waals surface area contributed by atoms with Crippen LogP contribution in [0.5, 0.6) is 0 Å². The highest BCUT2D eigenvalue weighted by molar-refractivity contribution is 5.78. The molecule has 20 heavy (non-hydrogen) atoms. The number of aliphatic carboxylic acids is 1. The summed E-state index contributed by atoms with van der Waals surface area (Å²) in [6.45, 7) is 6.80. The van der Waals surface area contributed by atoms with Crippen LogP contribution in [0.4, 0.5) is 0 Å². The van der Waals surface area contributed by atoms with Crippen LogP contribution in [-0.4, -0.2) is 20.6 Å². The van der Waals surface area contributed by atoms with E-state index >= 15 is 0 Å². The average Bonchev–Trinajstić information content (AvgIpc) is 2.71. The van der Waals surface area contributed by atoms with Crippen molar-refractivity contribution in [3.8, 4) is 0 Å². The first-order valence-corrected chi connectivity index (χ1v) is 7.21. The molecule has 0 fully saturated rings. The van der Waals surface area contributed by atoms with Crippen molar-refractivity contribution in [2.45, 2.75) is 53.0 Å². The van der Waals surface area contributed by atoms with E-state index in [-0.39, 0.29) is 6.42 Å². The van der Waals surface area contributed by atoms with E-state index in [4.69, 9.17) is 10.1 Å². The molecule has 1 aromatic carbocycles. The third-order valence-corrected chi connectivity index (χ3v) is 3.75. The number of aryl methyl sites for hydroxylation is 4. The Morgan fingerprint density at radius 3 is 2.65 bits per heavy atom. The summed E-state index contributed by atoms with van der Waals surface area (Å²) in [4.78, 5) is 15.5. The first-order valence-electron chi connectivity index (χ1n) is 7.21. The monoisotopic (exact) mass is 274 g/mol. The fraction of sp³-hybridized carbons (Fsp3) is 0.500. The van der Waals surface area contributed by atoms with Crippen LogP contribution in [0.2, 0.25) is 0 Å². The second kappa shape index (κ2) is 6.07. The van der Waals surface area contributed by atoms with Crippen molar-refractivity contribution in [3.63, 3.8) is 0 Å². The molecule has 0 atom stereocenters. The van der Waals surface area contributed by atoms with E-state index in [1.54, 1.807) is 0 Å². The van der Waals surface area contributed by atoms with Gasteiger partial charge in [0.1, 0.15) is 5.82 Å². The summed E-state index contributed by atoms with van der Waals surface area (Å²) >= 11 is 0. The van der Waals surface area contributed by atoms with Gasteiger partial charge in [-0.25, -0.2) is 4.98 Å². The van der Waals surface area contributed by atoms with Crippen LogP contribution >= 0.6 is 0 Å². The van der Waals surface area contributed by atoms with Gasteiger partial charge in [-0.1, -0.05) is 13.3 Å². The molecule has 2 aromatic rings. The van der Waals surface area contributed by atoms with Crippen molar-refractivity contribution < 1.29 is 9.90 Å². The zero-order valence-corrected chi connectivity index (χ0v) is 12.4. The van der Waals surface area contributed by atoms with Gasteiger partial charge in [0, 0.05) is 13.0 Å². The molecule has 0 aliphatic heterocycles. The van der Waals surface area contributed by atoms with Crippen LogP contribution in [0.1, 0.15) is 43.1 Å². The highest BCUT2D eigenvalue weighted by Gasteiger charge is 2.12. The van der Waals surface area contributed by atoms with E-state index in [9.17, 15) is 4.79 Å². The standard InChI is InChI=1S/C16H22N2O2/c1-4-5-6-15-17-13-9-11(2)12(3)10-14(13)18(15)8-7-16(19)20/h9-10H,4-8H2,1-3H3,(H,19,20). The molecule has 0 saturated carbocycles. The van der Waals surface area contributed by atoms with E-state index < -0.39 is 5.97 Å². The molecule has 0 aliphatic rings. The quantitative estimate of drug-likeness (QED) is 0.877. The summed E-state index contributed by atoms with van der Waals surface area (Å²) < 4.78 is 2.07. The van der Waals surface area contributed by atoms with Gasteiger partial charge in [0.15, 0.2) is 0 Å². The van der Waals surface area contributed by atoms with Gasteiger partial charge in [-0.3, -0.25) is 4.79 Å². The molecule has 0 bridgehead atoms. The van der Waals surface area contributed by atoms with Crippen molar-refractivity contribution >= 4 is 17.0 Å². The number of imidazole rings is 1. The van der Waals surface area contributed by atoms with Gasteiger partial charge in [0.2, 0.25) is 0 Å². The fourth-order valence-electron chi connectivity index (χ4n) is 2.41. The lowest BCUT2D eigenvalue weighted by Crippen LogP contribution is -2.08. The zero-order chi connectivity index (χ0) is 14.7. The van der Waals surface area contributed by atoms with Gasteiger partial charge in [-0.2, -0.15) is 0 Å². The Bertz CT molecular complexity index is 629. The second-order valence-corrected chi connectivity index (χ2v) is 5.35. The summed E-state index contributed by atoms with van der Waals surface area (Å²) in [5.41, 5.74) is 4.48. The number of carbonyl (C=O) groups is 1. The molecule has 1 aromatic heterocycles. The number of nitrogens with zero attached hydrogens (tertiary/aromatic N) is 2. The Morgan fingerprint density at radius 2 is 2.00 bits per heavy atom. The van der Waals surface area contributed by atoms with Crippen LogP contribution < -0.4 is 0 Å². The van der Waals surface area contributed by atoms with Gasteiger partial charge in [-0.05, 0) is 43.5 Å². The third-order valence-electron chi connectivity index (χ3n) is 3.75. The minimum absolute atomic E-state index is 0.136. The topological polar surface area (TPSA) is 55.1 Å². The third kappa shape index (κ3) is 3.00. The number of rotatable bonds is 6. The number of fused-ring (bicyclic) bond motifs is 1. The smallest absolute Gasteiger partial charge is 0.305 e. The van der Waals surface area contributed by atoms with Crippen LogP contribution in [0.25, 0.3) is 11.0 Å². The highest BCUT2D eigenvalue weighted by atomic mass is 16.4. The molecular weight excluding hydrogens is 252 g/mol. The number of hydrogen-bond acceptors (Lipinski definition) is 2. The first kappa shape index (κ1) is 14.6. The SMILES string of the molecule is CCCCc1nc2cc(C)c(C)cc2n1CCC(=O)O. The second-order valence-electron chi connectivity index (χ2n) is 5.35. The molecule has 0 unspecified atom stereocenters. The maximum atomic E-state index is 10.8. The van der Waals surface area contributed by atoms with Crippen molar-refractivity contribution in [3.05, 3.63) is 29.1 Å². The minimum Gasteiger partial charge on any atom is -0.481 e. The van der Waals surface area contributed by atoms with Gasteiger partial charge < -0.3 is 9.67 Å². The lowest BCUT2D eigenvalue weighted by atomic mass is 10.1. The van der Waals surface area contributed by atoms with E-state index in [1.807, 2.05) is 0 Å². The Balaban J connectivity index is 2.46. The maximum absolute atomic E-state index is 10.8. The van der Waals surface area contributed by atoms with Crippen LogP contribution in [0, 0.1) is 13.8 Å². The fourth-order valence-corrected chi connectivity index (χ4v) is 2.41. The lowest BCUT2D eigenvalue weighted by Gasteiger charge is -2.08. The number of unbranched alkanes of at least 4 members (excludes halogenated alkanes) is 1. The van der Waals surface area contributed by atoms with Crippen LogP contribution in [0.15, 0.2) is 12.1 Å². The number of benzene rings is 1. The summed E-state index contributed by atoms with van der Waals surface area (Å²) in [6, 6.07) is 4.21. The van der Waals surface area contributed by atoms with Crippen LogP contribution in [-0.2, 0) is 17.8 Å². The number of carboxylic acid groups (broad SMARTS) is 1. The van der Waals surface area contributed by atoms with Crippen molar-refractivity contribution in [1.29, 1.82) is 0 Å². The maximum Gasteiger partial charge on any atom is 0.305 e. The largest absolute Gasteiger partial charge is 0.481 e. The predicted octanol–water partition coefficient (Wildman–Crippen LogP) is 3.47. The van der Waals surface area contributed by atoms with E-state index in [2.05, 4.69) is 37.5 Å². The Labute approximate surface area is 119 Å². The van der Waals surface area contributed by atoms with E-state index in [0.29, 0.717) is 6.54 Å². The molecule has 0 radical (unpaired) electrons. The average molecular weight is 274 g/mol. The molecule has 108 valence electrons. The van der Waals surface area contributed by atoms with Gasteiger partial charge in [0.25, 0.3) is 0 Å².